The molecule has 0 bridgehead atoms. The molecule has 0 radical (unpaired) electrons. The predicted octanol–water partition coefficient (Wildman–Crippen LogP) is 5.77. The van der Waals surface area contributed by atoms with E-state index in [0.717, 1.165) is 57.1 Å². The van der Waals surface area contributed by atoms with Gasteiger partial charge in [0.25, 0.3) is 0 Å². The quantitative estimate of drug-likeness (QED) is 0.368. The topological polar surface area (TPSA) is 24.9 Å². The molecule has 0 saturated carbocycles. The summed E-state index contributed by atoms with van der Waals surface area (Å²) in [6.07, 6.45) is 11.4. The van der Waals surface area contributed by atoms with Crippen molar-refractivity contribution in [3.63, 3.8) is 0 Å². The molecule has 0 spiro atoms. The first-order valence-corrected chi connectivity index (χ1v) is 13.3. The first-order valence-electron chi connectivity index (χ1n) is 13.3. The van der Waals surface area contributed by atoms with Gasteiger partial charge in [-0.05, 0) is 118 Å². The van der Waals surface area contributed by atoms with Gasteiger partial charge in [0.15, 0.2) is 0 Å². The largest absolute Gasteiger partial charge is 0.494 e. The summed E-state index contributed by atoms with van der Waals surface area (Å²) >= 11 is 0. The van der Waals surface area contributed by atoms with Crippen molar-refractivity contribution in [3.05, 3.63) is 47.5 Å². The number of rotatable bonds is 10. The fourth-order valence-electron chi connectivity index (χ4n) is 5.65. The van der Waals surface area contributed by atoms with Crippen molar-refractivity contribution >= 4 is 0 Å². The molecule has 0 amide bonds. The van der Waals surface area contributed by atoms with Crippen molar-refractivity contribution in [2.24, 2.45) is 0 Å². The molecule has 2 fully saturated rings. The average molecular weight is 449 g/mol. The van der Waals surface area contributed by atoms with E-state index >= 15 is 0 Å². The van der Waals surface area contributed by atoms with Crippen LogP contribution in [0.3, 0.4) is 0 Å². The van der Waals surface area contributed by atoms with Crippen LogP contribution < -0.4 is 9.47 Å². The summed E-state index contributed by atoms with van der Waals surface area (Å²) in [5.41, 5.74) is 5.44. The minimum Gasteiger partial charge on any atom is -0.494 e. The number of ether oxygens (including phenoxy) is 2. The van der Waals surface area contributed by atoms with Gasteiger partial charge in [-0.25, -0.2) is 0 Å². The normalized spacial score (nSPS) is 18.7. The first-order chi connectivity index (χ1) is 16.3. The molecule has 2 aliphatic heterocycles. The molecule has 0 atom stereocenters. The number of fused-ring (bicyclic) bond motifs is 3. The van der Waals surface area contributed by atoms with Gasteiger partial charge in [0.05, 0.1) is 13.2 Å². The SMILES string of the molecule is c1cc2c(cc1OCCCN1CCCCC1)Cc1ccc(OCCCN3CCCCC3)cc1-2. The van der Waals surface area contributed by atoms with Crippen LogP contribution in [0.4, 0.5) is 0 Å². The highest BCUT2D eigenvalue weighted by atomic mass is 16.5. The van der Waals surface area contributed by atoms with E-state index in [1.807, 2.05) is 0 Å². The zero-order chi connectivity index (χ0) is 22.3. The smallest absolute Gasteiger partial charge is 0.119 e. The molecule has 5 rings (SSSR count). The van der Waals surface area contributed by atoms with Crippen LogP contribution in [0, 0.1) is 0 Å². The number of piperidine rings is 2. The Kier molecular flexibility index (Phi) is 7.85. The second-order valence-corrected chi connectivity index (χ2v) is 10.0. The lowest BCUT2D eigenvalue weighted by Gasteiger charge is -2.26. The molecule has 0 aromatic heterocycles. The lowest BCUT2D eigenvalue weighted by Crippen LogP contribution is -2.31. The molecule has 2 aromatic carbocycles. The van der Waals surface area contributed by atoms with Crippen LogP contribution in [-0.4, -0.2) is 62.3 Å². The minimum atomic E-state index is 0.798. The van der Waals surface area contributed by atoms with Crippen LogP contribution in [0.5, 0.6) is 11.5 Å². The highest BCUT2D eigenvalue weighted by molar-refractivity contribution is 5.78. The molecular weight excluding hydrogens is 408 g/mol. The highest BCUT2D eigenvalue weighted by Gasteiger charge is 2.20. The molecule has 2 saturated heterocycles. The molecule has 2 heterocycles. The average Bonchev–Trinajstić information content (AvgIpc) is 3.23. The predicted molar refractivity (Wildman–Crippen MR) is 135 cm³/mol. The van der Waals surface area contributed by atoms with Crippen LogP contribution in [0.25, 0.3) is 11.1 Å². The van der Waals surface area contributed by atoms with Gasteiger partial charge in [0.2, 0.25) is 0 Å². The summed E-state index contributed by atoms with van der Waals surface area (Å²) in [7, 11) is 0. The number of hydrogen-bond donors (Lipinski definition) is 0. The Morgan fingerprint density at radius 2 is 1.15 bits per heavy atom. The molecule has 0 N–H and O–H groups in total. The maximum absolute atomic E-state index is 6.12. The maximum atomic E-state index is 6.12. The van der Waals surface area contributed by atoms with Gasteiger partial charge in [-0.2, -0.15) is 0 Å². The van der Waals surface area contributed by atoms with Crippen LogP contribution >= 0.6 is 0 Å². The molecule has 1 aliphatic carbocycles. The zero-order valence-electron chi connectivity index (χ0n) is 20.2. The van der Waals surface area contributed by atoms with E-state index in [0.29, 0.717) is 0 Å². The molecule has 2 aromatic rings. The fraction of sp³-hybridized carbons (Fsp3) is 0.586. The van der Waals surface area contributed by atoms with Gasteiger partial charge in [0, 0.05) is 13.1 Å². The first kappa shape index (κ1) is 22.7. The standard InChI is InChI=1S/C29H40N2O2/c1-3-13-30(14-4-1)17-7-19-32-26-11-12-28-25(22-26)21-24-9-10-27(23-29(24)28)33-20-8-18-31-15-5-2-6-16-31/h9-12,22-23H,1-8,13-21H2. The third-order valence-corrected chi connectivity index (χ3v) is 7.50. The highest BCUT2D eigenvalue weighted by Crippen LogP contribution is 2.40. The Labute approximate surface area is 199 Å². The second kappa shape index (κ2) is 11.4. The van der Waals surface area contributed by atoms with Crippen molar-refractivity contribution in [2.45, 2.75) is 57.8 Å². The van der Waals surface area contributed by atoms with Crippen molar-refractivity contribution in [1.82, 2.24) is 9.80 Å². The summed E-state index contributed by atoms with van der Waals surface area (Å²) in [6, 6.07) is 13.2. The molecule has 3 aliphatic rings. The van der Waals surface area contributed by atoms with E-state index in [2.05, 4.69) is 46.2 Å². The molecule has 178 valence electrons. The monoisotopic (exact) mass is 448 g/mol. The van der Waals surface area contributed by atoms with Gasteiger partial charge in [0.1, 0.15) is 11.5 Å². The minimum absolute atomic E-state index is 0.798. The summed E-state index contributed by atoms with van der Waals surface area (Å²) in [5.74, 6) is 2.01. The van der Waals surface area contributed by atoms with Gasteiger partial charge >= 0.3 is 0 Å². The Balaban J connectivity index is 1.10. The number of benzene rings is 2. The summed E-state index contributed by atoms with van der Waals surface area (Å²) in [4.78, 5) is 5.17. The second-order valence-electron chi connectivity index (χ2n) is 10.0. The van der Waals surface area contributed by atoms with E-state index < -0.39 is 0 Å². The van der Waals surface area contributed by atoms with E-state index in [1.165, 1.54) is 87.0 Å². The van der Waals surface area contributed by atoms with Crippen molar-refractivity contribution in [3.8, 4) is 22.6 Å². The molecule has 4 nitrogen and oxygen atoms in total. The van der Waals surface area contributed by atoms with Crippen LogP contribution in [0.2, 0.25) is 0 Å². The van der Waals surface area contributed by atoms with Gasteiger partial charge in [-0.1, -0.05) is 25.0 Å². The number of likely N-dealkylation sites (tertiary alicyclic amines) is 2. The lowest BCUT2D eigenvalue weighted by molar-refractivity contribution is 0.205. The third kappa shape index (κ3) is 6.10. The molecular formula is C29H40N2O2. The Bertz CT molecular complexity index is 900. The van der Waals surface area contributed by atoms with Crippen molar-refractivity contribution in [1.29, 1.82) is 0 Å². The van der Waals surface area contributed by atoms with Crippen LogP contribution in [0.1, 0.15) is 62.5 Å². The summed E-state index contributed by atoms with van der Waals surface area (Å²) in [5, 5.41) is 0. The summed E-state index contributed by atoms with van der Waals surface area (Å²) < 4.78 is 12.2. The Morgan fingerprint density at radius 3 is 1.79 bits per heavy atom. The van der Waals surface area contributed by atoms with Crippen molar-refractivity contribution in [2.75, 3.05) is 52.5 Å². The van der Waals surface area contributed by atoms with Crippen molar-refractivity contribution < 1.29 is 9.47 Å². The van der Waals surface area contributed by atoms with Crippen LogP contribution in [0.15, 0.2) is 36.4 Å². The van der Waals surface area contributed by atoms with E-state index in [4.69, 9.17) is 9.47 Å². The fourth-order valence-corrected chi connectivity index (χ4v) is 5.65. The number of nitrogens with zero attached hydrogens (tertiary/aromatic N) is 2. The molecule has 0 unspecified atom stereocenters. The Hall–Kier alpha value is -2.04. The van der Waals surface area contributed by atoms with E-state index in [1.54, 1.807) is 0 Å². The summed E-state index contributed by atoms with van der Waals surface area (Å²) in [6.45, 7) is 8.98. The number of hydrogen-bond acceptors (Lipinski definition) is 4. The van der Waals surface area contributed by atoms with Gasteiger partial charge in [-0.3, -0.25) is 0 Å². The lowest BCUT2D eigenvalue weighted by atomic mass is 10.1. The molecule has 33 heavy (non-hydrogen) atoms. The Morgan fingerprint density at radius 1 is 0.576 bits per heavy atom. The van der Waals surface area contributed by atoms with E-state index in [9.17, 15) is 0 Å². The van der Waals surface area contributed by atoms with Crippen LogP contribution in [-0.2, 0) is 6.42 Å². The van der Waals surface area contributed by atoms with E-state index in [-0.39, 0.29) is 0 Å². The zero-order valence-corrected chi connectivity index (χ0v) is 20.2. The maximum Gasteiger partial charge on any atom is 0.119 e. The van der Waals surface area contributed by atoms with Gasteiger partial charge < -0.3 is 19.3 Å². The molecule has 4 heteroatoms. The van der Waals surface area contributed by atoms with Gasteiger partial charge in [-0.15, -0.1) is 0 Å². The third-order valence-electron chi connectivity index (χ3n) is 7.50.